The third kappa shape index (κ3) is 6.69. The molecule has 0 radical (unpaired) electrons. The van der Waals surface area contributed by atoms with Crippen LogP contribution in [0.3, 0.4) is 0 Å². The first-order chi connectivity index (χ1) is 13.8. The van der Waals surface area contributed by atoms with Crippen molar-refractivity contribution < 1.29 is 18.9 Å². The average molecular weight is 420 g/mol. The van der Waals surface area contributed by atoms with Crippen molar-refractivity contribution in [2.75, 3.05) is 13.1 Å². The van der Waals surface area contributed by atoms with Gasteiger partial charge in [0.15, 0.2) is 0 Å². The second-order valence-corrected chi connectivity index (χ2v) is 6.46. The molecule has 2 aromatic carbocycles. The standard InChI is InChI=1S/C20H19ClFN3O4/c1-2-24(13-19(26)23-12-15-3-7-16(22)8-4-15)20(27)10-6-14-5-9-17(21)18(11-14)25(28)29/h3-11H,2,12-13H2,1H3,(H,23,26)/b10-6+. The Hall–Kier alpha value is -3.26. The average Bonchev–Trinajstić information content (AvgIpc) is 2.70. The van der Waals surface area contributed by atoms with Gasteiger partial charge in [-0.2, -0.15) is 0 Å². The third-order valence-electron chi connectivity index (χ3n) is 4.02. The predicted molar refractivity (Wildman–Crippen MR) is 108 cm³/mol. The molecule has 152 valence electrons. The minimum absolute atomic E-state index is 0.00601. The van der Waals surface area contributed by atoms with Gasteiger partial charge in [-0.25, -0.2) is 4.39 Å². The van der Waals surface area contributed by atoms with Gasteiger partial charge in [-0.05, 0) is 42.3 Å². The molecule has 1 N–H and O–H groups in total. The van der Waals surface area contributed by atoms with Gasteiger partial charge >= 0.3 is 0 Å². The van der Waals surface area contributed by atoms with E-state index in [1.165, 1.54) is 41.3 Å². The molecule has 0 aliphatic heterocycles. The van der Waals surface area contributed by atoms with E-state index in [1.54, 1.807) is 25.1 Å². The van der Waals surface area contributed by atoms with Crippen LogP contribution in [0.5, 0.6) is 0 Å². The number of hydrogen-bond donors (Lipinski definition) is 1. The number of carbonyl (C=O) groups excluding carboxylic acids is 2. The Morgan fingerprint density at radius 2 is 1.93 bits per heavy atom. The number of nitro groups is 1. The Balaban J connectivity index is 1.94. The van der Waals surface area contributed by atoms with Crippen molar-refractivity contribution >= 4 is 35.2 Å². The number of benzene rings is 2. The van der Waals surface area contributed by atoms with Crippen molar-refractivity contribution in [2.45, 2.75) is 13.5 Å². The molecule has 7 nitrogen and oxygen atoms in total. The van der Waals surface area contributed by atoms with E-state index in [4.69, 9.17) is 11.6 Å². The summed E-state index contributed by atoms with van der Waals surface area (Å²) in [6, 6.07) is 9.91. The number of nitro benzene ring substituents is 1. The van der Waals surface area contributed by atoms with Gasteiger partial charge in [-0.15, -0.1) is 0 Å². The van der Waals surface area contributed by atoms with Crippen molar-refractivity contribution in [3.63, 3.8) is 0 Å². The SMILES string of the molecule is CCN(CC(=O)NCc1ccc(F)cc1)C(=O)/C=C/c1ccc(Cl)c([N+](=O)[O-])c1. The fourth-order valence-electron chi connectivity index (χ4n) is 2.42. The normalized spacial score (nSPS) is 10.7. The Bertz CT molecular complexity index is 932. The maximum Gasteiger partial charge on any atom is 0.288 e. The highest BCUT2D eigenvalue weighted by atomic mass is 35.5. The van der Waals surface area contributed by atoms with Gasteiger partial charge in [-0.3, -0.25) is 19.7 Å². The first kappa shape index (κ1) is 22.0. The fraction of sp³-hybridized carbons (Fsp3) is 0.200. The first-order valence-electron chi connectivity index (χ1n) is 8.72. The van der Waals surface area contributed by atoms with Crippen molar-refractivity contribution in [1.29, 1.82) is 0 Å². The highest BCUT2D eigenvalue weighted by molar-refractivity contribution is 6.32. The fourth-order valence-corrected chi connectivity index (χ4v) is 2.61. The maximum absolute atomic E-state index is 12.9. The molecular weight excluding hydrogens is 401 g/mol. The lowest BCUT2D eigenvalue weighted by Gasteiger charge is -2.18. The quantitative estimate of drug-likeness (QED) is 0.402. The molecule has 0 unspecified atom stereocenters. The Morgan fingerprint density at radius 3 is 2.55 bits per heavy atom. The zero-order chi connectivity index (χ0) is 21.4. The van der Waals surface area contributed by atoms with Crippen LogP contribution < -0.4 is 5.32 Å². The molecule has 0 aliphatic carbocycles. The number of amides is 2. The second kappa shape index (κ2) is 10.3. The van der Waals surface area contributed by atoms with Gasteiger partial charge in [0.25, 0.3) is 5.69 Å². The minimum atomic E-state index is -0.606. The van der Waals surface area contributed by atoms with E-state index in [1.807, 2.05) is 0 Å². The van der Waals surface area contributed by atoms with Crippen LogP contribution in [0.1, 0.15) is 18.1 Å². The molecule has 2 aromatic rings. The molecule has 0 aromatic heterocycles. The number of likely N-dealkylation sites (N-methyl/N-ethyl adjacent to an activating group) is 1. The van der Waals surface area contributed by atoms with Crippen molar-refractivity contribution in [1.82, 2.24) is 10.2 Å². The van der Waals surface area contributed by atoms with Gasteiger partial charge in [0.05, 0.1) is 11.5 Å². The van der Waals surface area contributed by atoms with Crippen molar-refractivity contribution in [2.24, 2.45) is 0 Å². The molecular formula is C20H19ClFN3O4. The van der Waals surface area contributed by atoms with Gasteiger partial charge in [0.1, 0.15) is 10.8 Å². The number of carbonyl (C=O) groups is 2. The van der Waals surface area contributed by atoms with E-state index < -0.39 is 10.8 Å². The van der Waals surface area contributed by atoms with Gasteiger partial charge in [-0.1, -0.05) is 29.8 Å². The van der Waals surface area contributed by atoms with Crippen LogP contribution in [0, 0.1) is 15.9 Å². The summed E-state index contributed by atoms with van der Waals surface area (Å²) < 4.78 is 12.9. The lowest BCUT2D eigenvalue weighted by atomic mass is 10.2. The van der Waals surface area contributed by atoms with Gasteiger partial charge < -0.3 is 10.2 Å². The highest BCUT2D eigenvalue weighted by Crippen LogP contribution is 2.25. The summed E-state index contributed by atoms with van der Waals surface area (Å²) in [5, 5.41) is 13.6. The third-order valence-corrected chi connectivity index (χ3v) is 4.34. The summed E-state index contributed by atoms with van der Waals surface area (Å²) in [6.07, 6.45) is 2.66. The van der Waals surface area contributed by atoms with Crippen LogP contribution in [-0.2, 0) is 16.1 Å². The summed E-state index contributed by atoms with van der Waals surface area (Å²) in [7, 11) is 0. The molecule has 0 saturated carbocycles. The number of rotatable bonds is 8. The largest absolute Gasteiger partial charge is 0.350 e. The molecule has 9 heteroatoms. The van der Waals surface area contributed by atoms with Crippen LogP contribution in [0.4, 0.5) is 10.1 Å². The van der Waals surface area contributed by atoms with Gasteiger partial charge in [0, 0.05) is 25.2 Å². The van der Waals surface area contributed by atoms with Crippen LogP contribution in [-0.4, -0.2) is 34.7 Å². The summed E-state index contributed by atoms with van der Waals surface area (Å²) in [4.78, 5) is 36.1. The van der Waals surface area contributed by atoms with Crippen molar-refractivity contribution in [3.8, 4) is 0 Å². The molecule has 0 atom stereocenters. The van der Waals surface area contributed by atoms with E-state index >= 15 is 0 Å². The predicted octanol–water partition coefficient (Wildman–Crippen LogP) is 3.57. The van der Waals surface area contributed by atoms with E-state index in [-0.39, 0.29) is 35.5 Å². The summed E-state index contributed by atoms with van der Waals surface area (Å²) in [5.41, 5.74) is 0.915. The molecule has 2 rings (SSSR count). The monoisotopic (exact) mass is 419 g/mol. The summed E-state index contributed by atoms with van der Waals surface area (Å²) in [5.74, 6) is -1.14. The molecule has 0 fully saturated rings. The Kier molecular flexibility index (Phi) is 7.85. The topological polar surface area (TPSA) is 92.6 Å². The molecule has 0 bridgehead atoms. The lowest BCUT2D eigenvalue weighted by molar-refractivity contribution is -0.384. The van der Waals surface area contributed by atoms with E-state index in [0.717, 1.165) is 5.56 Å². The van der Waals surface area contributed by atoms with E-state index in [0.29, 0.717) is 12.1 Å². The number of halogens is 2. The smallest absolute Gasteiger partial charge is 0.288 e. The zero-order valence-electron chi connectivity index (χ0n) is 15.6. The van der Waals surface area contributed by atoms with Crippen LogP contribution in [0.2, 0.25) is 5.02 Å². The zero-order valence-corrected chi connectivity index (χ0v) is 16.4. The van der Waals surface area contributed by atoms with Crippen LogP contribution in [0.15, 0.2) is 48.5 Å². The molecule has 29 heavy (non-hydrogen) atoms. The van der Waals surface area contributed by atoms with Crippen LogP contribution >= 0.6 is 11.6 Å². The number of hydrogen-bond acceptors (Lipinski definition) is 4. The highest BCUT2D eigenvalue weighted by Gasteiger charge is 2.14. The number of nitrogens with one attached hydrogen (secondary N) is 1. The lowest BCUT2D eigenvalue weighted by Crippen LogP contribution is -2.39. The molecule has 2 amide bonds. The number of nitrogens with zero attached hydrogens (tertiary/aromatic N) is 2. The summed E-state index contributed by atoms with van der Waals surface area (Å²) >= 11 is 5.76. The molecule has 0 spiro atoms. The first-order valence-corrected chi connectivity index (χ1v) is 9.10. The Morgan fingerprint density at radius 1 is 1.24 bits per heavy atom. The van der Waals surface area contributed by atoms with Gasteiger partial charge in [0.2, 0.25) is 11.8 Å². The molecule has 0 saturated heterocycles. The van der Waals surface area contributed by atoms with E-state index in [9.17, 15) is 24.1 Å². The molecule has 0 aliphatic rings. The molecule has 0 heterocycles. The van der Waals surface area contributed by atoms with E-state index in [2.05, 4.69) is 5.32 Å². The Labute approximate surface area is 171 Å². The van der Waals surface area contributed by atoms with Crippen molar-refractivity contribution in [3.05, 3.63) is 80.6 Å². The second-order valence-electron chi connectivity index (χ2n) is 6.06. The van der Waals surface area contributed by atoms with Crippen LogP contribution in [0.25, 0.3) is 6.08 Å². The summed E-state index contributed by atoms with van der Waals surface area (Å²) in [6.45, 7) is 2.09. The maximum atomic E-state index is 12.9. The minimum Gasteiger partial charge on any atom is -0.350 e.